The molecule has 0 bridgehead atoms. The molecular formula is C11H20ClNO. The van der Waals surface area contributed by atoms with Gasteiger partial charge in [-0.05, 0) is 19.8 Å². The fraction of sp³-hybridized carbons (Fsp3) is 0.909. The molecule has 0 saturated heterocycles. The Kier molecular flexibility index (Phi) is 4.24. The molecule has 0 aromatic rings. The first-order valence-corrected chi connectivity index (χ1v) is 5.91. The Morgan fingerprint density at radius 2 is 2.00 bits per heavy atom. The number of rotatable bonds is 3. The molecule has 0 radical (unpaired) electrons. The molecule has 1 N–H and O–H groups in total. The third-order valence-corrected chi connectivity index (χ3v) is 3.20. The molecule has 1 amide bonds. The van der Waals surface area contributed by atoms with Gasteiger partial charge in [0.05, 0.1) is 0 Å². The van der Waals surface area contributed by atoms with Crippen molar-refractivity contribution in [1.82, 2.24) is 5.32 Å². The number of hydrogen-bond donors (Lipinski definition) is 1. The van der Waals surface area contributed by atoms with Crippen molar-refractivity contribution in [1.29, 1.82) is 0 Å². The van der Waals surface area contributed by atoms with Crippen molar-refractivity contribution in [2.24, 2.45) is 5.41 Å². The summed E-state index contributed by atoms with van der Waals surface area (Å²) in [6.45, 7) is 4.54. The van der Waals surface area contributed by atoms with Crippen LogP contribution in [0, 0.1) is 5.41 Å². The van der Waals surface area contributed by atoms with Crippen LogP contribution >= 0.6 is 11.6 Å². The van der Waals surface area contributed by atoms with Crippen LogP contribution in [0.3, 0.4) is 0 Å². The lowest BCUT2D eigenvalue weighted by Gasteiger charge is -2.32. The molecule has 1 fully saturated rings. The second-order valence-electron chi connectivity index (χ2n) is 4.61. The number of nitrogens with one attached hydrogen (secondary N) is 1. The van der Waals surface area contributed by atoms with Crippen LogP contribution in [0.25, 0.3) is 0 Å². The van der Waals surface area contributed by atoms with Gasteiger partial charge in [0.1, 0.15) is 0 Å². The Bertz CT molecular complexity index is 197. The van der Waals surface area contributed by atoms with Crippen LogP contribution in [-0.4, -0.2) is 17.8 Å². The van der Waals surface area contributed by atoms with Crippen LogP contribution in [0.1, 0.15) is 46.0 Å². The van der Waals surface area contributed by atoms with Gasteiger partial charge in [-0.25, -0.2) is 0 Å². The molecular weight excluding hydrogens is 198 g/mol. The summed E-state index contributed by atoms with van der Waals surface area (Å²) in [6, 6.07) is 0. The van der Waals surface area contributed by atoms with Gasteiger partial charge < -0.3 is 5.32 Å². The Balaban J connectivity index is 2.41. The lowest BCUT2D eigenvalue weighted by molar-refractivity contribution is -0.131. The van der Waals surface area contributed by atoms with Gasteiger partial charge in [0, 0.05) is 17.3 Å². The summed E-state index contributed by atoms with van der Waals surface area (Å²) in [5.41, 5.74) is -0.135. The number of alkyl halides is 1. The lowest BCUT2D eigenvalue weighted by atomic mass is 9.75. The van der Waals surface area contributed by atoms with Gasteiger partial charge in [0.15, 0.2) is 0 Å². The highest BCUT2D eigenvalue weighted by atomic mass is 35.5. The maximum absolute atomic E-state index is 11.9. The summed E-state index contributed by atoms with van der Waals surface area (Å²) in [6.07, 6.45) is 5.68. The second-order valence-corrected chi connectivity index (χ2v) is 5.36. The average molecular weight is 218 g/mol. The standard InChI is InChI=1S/C11H20ClNO/c1-9(12)8-13-10(14)11(2)6-4-3-5-7-11/h9H,3-8H2,1-2H3,(H,13,14). The lowest BCUT2D eigenvalue weighted by Crippen LogP contribution is -2.42. The minimum atomic E-state index is -0.135. The first-order valence-electron chi connectivity index (χ1n) is 5.47. The average Bonchev–Trinajstić information content (AvgIpc) is 2.15. The fourth-order valence-corrected chi connectivity index (χ4v) is 2.08. The zero-order valence-corrected chi connectivity index (χ0v) is 9.86. The molecule has 14 heavy (non-hydrogen) atoms. The van der Waals surface area contributed by atoms with Gasteiger partial charge in [-0.2, -0.15) is 0 Å². The van der Waals surface area contributed by atoms with E-state index in [1.807, 2.05) is 6.92 Å². The highest BCUT2D eigenvalue weighted by Gasteiger charge is 2.34. The summed E-state index contributed by atoms with van der Waals surface area (Å²) in [5.74, 6) is 0.185. The molecule has 3 heteroatoms. The zero-order chi connectivity index (χ0) is 10.6. The van der Waals surface area contributed by atoms with Crippen molar-refractivity contribution in [3.63, 3.8) is 0 Å². The largest absolute Gasteiger partial charge is 0.354 e. The molecule has 1 atom stereocenters. The minimum absolute atomic E-state index is 0.0196. The molecule has 0 spiro atoms. The van der Waals surface area contributed by atoms with E-state index in [0.717, 1.165) is 12.8 Å². The summed E-state index contributed by atoms with van der Waals surface area (Å²) >= 11 is 5.79. The van der Waals surface area contributed by atoms with Gasteiger partial charge in [0.25, 0.3) is 0 Å². The molecule has 82 valence electrons. The number of halogens is 1. The number of amides is 1. The van der Waals surface area contributed by atoms with E-state index in [9.17, 15) is 4.79 Å². The van der Waals surface area contributed by atoms with Crippen LogP contribution < -0.4 is 5.32 Å². The Labute approximate surface area is 91.4 Å². The van der Waals surface area contributed by atoms with Crippen LogP contribution in [0.4, 0.5) is 0 Å². The highest BCUT2D eigenvalue weighted by molar-refractivity contribution is 6.20. The number of carbonyl (C=O) groups is 1. The Morgan fingerprint density at radius 1 is 1.43 bits per heavy atom. The first-order chi connectivity index (χ1) is 6.54. The monoisotopic (exact) mass is 217 g/mol. The molecule has 1 saturated carbocycles. The van der Waals surface area contributed by atoms with E-state index in [-0.39, 0.29) is 16.7 Å². The SMILES string of the molecule is CC(Cl)CNC(=O)C1(C)CCCCC1. The Hall–Kier alpha value is -0.240. The molecule has 2 nitrogen and oxygen atoms in total. The van der Waals surface area contributed by atoms with Crippen molar-refractivity contribution in [3.05, 3.63) is 0 Å². The summed E-state index contributed by atoms with van der Waals surface area (Å²) in [7, 11) is 0. The van der Waals surface area contributed by atoms with Gasteiger partial charge in [-0.15, -0.1) is 11.6 Å². The first kappa shape index (κ1) is 11.8. The summed E-state index contributed by atoms with van der Waals surface area (Å²) in [4.78, 5) is 11.9. The predicted molar refractivity (Wildman–Crippen MR) is 59.5 cm³/mol. The van der Waals surface area contributed by atoms with E-state index in [2.05, 4.69) is 12.2 Å². The van der Waals surface area contributed by atoms with E-state index in [4.69, 9.17) is 11.6 Å². The molecule has 0 aromatic heterocycles. The molecule has 1 aliphatic carbocycles. The van der Waals surface area contributed by atoms with Crippen LogP contribution in [-0.2, 0) is 4.79 Å². The van der Waals surface area contributed by atoms with Crippen molar-refractivity contribution in [2.45, 2.75) is 51.3 Å². The molecule has 1 rings (SSSR count). The van der Waals surface area contributed by atoms with Crippen LogP contribution in [0.15, 0.2) is 0 Å². The van der Waals surface area contributed by atoms with Crippen molar-refractivity contribution in [2.75, 3.05) is 6.54 Å². The van der Waals surface area contributed by atoms with Gasteiger partial charge >= 0.3 is 0 Å². The number of carbonyl (C=O) groups excluding carboxylic acids is 1. The maximum atomic E-state index is 11.9. The molecule has 0 aromatic carbocycles. The summed E-state index contributed by atoms with van der Waals surface area (Å²) < 4.78 is 0. The van der Waals surface area contributed by atoms with E-state index in [1.165, 1.54) is 19.3 Å². The third kappa shape index (κ3) is 3.16. The van der Waals surface area contributed by atoms with Crippen molar-refractivity contribution < 1.29 is 4.79 Å². The topological polar surface area (TPSA) is 29.1 Å². The van der Waals surface area contributed by atoms with Gasteiger partial charge in [0.2, 0.25) is 5.91 Å². The third-order valence-electron chi connectivity index (χ3n) is 3.05. The minimum Gasteiger partial charge on any atom is -0.354 e. The highest BCUT2D eigenvalue weighted by Crippen LogP contribution is 2.35. The second kappa shape index (κ2) is 5.01. The van der Waals surface area contributed by atoms with Gasteiger partial charge in [-0.1, -0.05) is 26.2 Å². The maximum Gasteiger partial charge on any atom is 0.225 e. The normalized spacial score (nSPS) is 22.8. The van der Waals surface area contributed by atoms with E-state index in [1.54, 1.807) is 0 Å². The quantitative estimate of drug-likeness (QED) is 0.724. The van der Waals surface area contributed by atoms with Crippen molar-refractivity contribution >= 4 is 17.5 Å². The van der Waals surface area contributed by atoms with Crippen molar-refractivity contribution in [3.8, 4) is 0 Å². The van der Waals surface area contributed by atoms with Gasteiger partial charge in [-0.3, -0.25) is 4.79 Å². The molecule has 0 heterocycles. The van der Waals surface area contributed by atoms with Crippen LogP contribution in [0.2, 0.25) is 0 Å². The van der Waals surface area contributed by atoms with E-state index in [0.29, 0.717) is 6.54 Å². The van der Waals surface area contributed by atoms with E-state index < -0.39 is 0 Å². The molecule has 1 aliphatic rings. The number of hydrogen-bond acceptors (Lipinski definition) is 1. The smallest absolute Gasteiger partial charge is 0.225 e. The fourth-order valence-electron chi connectivity index (χ4n) is 2.01. The van der Waals surface area contributed by atoms with Crippen LogP contribution in [0.5, 0.6) is 0 Å². The summed E-state index contributed by atoms with van der Waals surface area (Å²) in [5, 5.41) is 2.94. The molecule has 0 aliphatic heterocycles. The zero-order valence-electron chi connectivity index (χ0n) is 9.11. The van der Waals surface area contributed by atoms with E-state index >= 15 is 0 Å². The predicted octanol–water partition coefficient (Wildman–Crippen LogP) is 2.70. The molecule has 1 unspecified atom stereocenters. The Morgan fingerprint density at radius 3 is 2.50 bits per heavy atom.